The fourth-order valence-corrected chi connectivity index (χ4v) is 0.986. The summed E-state index contributed by atoms with van der Waals surface area (Å²) in [6.07, 6.45) is 6.59. The number of rotatable bonds is 4. The minimum absolute atomic E-state index is 0.108. The van der Waals surface area contributed by atoms with E-state index in [0.29, 0.717) is 11.5 Å². The molecule has 0 heterocycles. The molecule has 15 heavy (non-hydrogen) atoms. The SMILES string of the molecule is C/C=C\Oc1cc(O)cc(O/C=C\C)c1. The van der Waals surface area contributed by atoms with Crippen molar-refractivity contribution in [3.05, 3.63) is 42.9 Å². The van der Waals surface area contributed by atoms with Gasteiger partial charge >= 0.3 is 0 Å². The predicted octanol–water partition coefficient (Wildman–Crippen LogP) is 3.22. The van der Waals surface area contributed by atoms with Crippen LogP contribution in [0.3, 0.4) is 0 Å². The third-order valence-corrected chi connectivity index (χ3v) is 1.55. The van der Waals surface area contributed by atoms with Gasteiger partial charge in [-0.25, -0.2) is 0 Å². The first kappa shape index (κ1) is 11.2. The number of ether oxygens (including phenoxy) is 2. The van der Waals surface area contributed by atoms with Crippen molar-refractivity contribution in [2.45, 2.75) is 13.8 Å². The molecule has 0 bridgehead atoms. The van der Waals surface area contributed by atoms with Gasteiger partial charge in [-0.15, -0.1) is 0 Å². The van der Waals surface area contributed by atoms with Gasteiger partial charge in [-0.05, 0) is 13.8 Å². The Morgan fingerprint density at radius 3 is 1.80 bits per heavy atom. The summed E-state index contributed by atoms with van der Waals surface area (Å²) in [5.41, 5.74) is 0. The molecular weight excluding hydrogens is 192 g/mol. The summed E-state index contributed by atoms with van der Waals surface area (Å²) in [7, 11) is 0. The molecule has 3 nitrogen and oxygen atoms in total. The van der Waals surface area contributed by atoms with Gasteiger partial charge in [0.25, 0.3) is 0 Å². The maximum absolute atomic E-state index is 9.38. The van der Waals surface area contributed by atoms with Gasteiger partial charge in [0.2, 0.25) is 0 Å². The van der Waals surface area contributed by atoms with Crippen molar-refractivity contribution in [2.24, 2.45) is 0 Å². The van der Waals surface area contributed by atoms with Crippen LogP contribution in [0.15, 0.2) is 42.9 Å². The van der Waals surface area contributed by atoms with E-state index in [1.807, 2.05) is 13.8 Å². The Morgan fingerprint density at radius 2 is 1.40 bits per heavy atom. The summed E-state index contributed by atoms with van der Waals surface area (Å²) >= 11 is 0. The van der Waals surface area contributed by atoms with E-state index in [-0.39, 0.29) is 5.75 Å². The zero-order valence-electron chi connectivity index (χ0n) is 8.81. The fraction of sp³-hybridized carbons (Fsp3) is 0.167. The second-order valence-corrected chi connectivity index (χ2v) is 2.84. The molecule has 0 aliphatic rings. The highest BCUT2D eigenvalue weighted by atomic mass is 16.5. The maximum atomic E-state index is 9.38. The van der Waals surface area contributed by atoms with E-state index in [2.05, 4.69) is 0 Å². The van der Waals surface area contributed by atoms with Gasteiger partial charge in [-0.2, -0.15) is 0 Å². The van der Waals surface area contributed by atoms with E-state index in [0.717, 1.165) is 0 Å². The van der Waals surface area contributed by atoms with Crippen molar-refractivity contribution in [3.63, 3.8) is 0 Å². The van der Waals surface area contributed by atoms with Crippen LogP contribution in [-0.4, -0.2) is 5.11 Å². The molecular formula is C12H14O3. The van der Waals surface area contributed by atoms with Gasteiger partial charge < -0.3 is 14.6 Å². The zero-order chi connectivity index (χ0) is 11.1. The highest BCUT2D eigenvalue weighted by molar-refractivity contribution is 5.41. The Hall–Kier alpha value is -1.90. The molecule has 0 radical (unpaired) electrons. The van der Waals surface area contributed by atoms with Crippen LogP contribution >= 0.6 is 0 Å². The molecule has 0 saturated carbocycles. The Balaban J connectivity index is 2.84. The molecule has 1 rings (SSSR count). The minimum Gasteiger partial charge on any atom is -0.508 e. The molecule has 0 aliphatic carbocycles. The topological polar surface area (TPSA) is 38.7 Å². The summed E-state index contributed by atoms with van der Waals surface area (Å²) in [6.45, 7) is 3.69. The first-order valence-electron chi connectivity index (χ1n) is 4.66. The molecule has 1 aromatic carbocycles. The number of benzene rings is 1. The average Bonchev–Trinajstić information content (AvgIpc) is 2.23. The van der Waals surface area contributed by atoms with Crippen LogP contribution in [0.4, 0.5) is 0 Å². The number of hydrogen-bond acceptors (Lipinski definition) is 3. The van der Waals surface area contributed by atoms with Crippen molar-refractivity contribution >= 4 is 0 Å². The molecule has 0 unspecified atom stereocenters. The summed E-state index contributed by atoms with van der Waals surface area (Å²) in [6, 6.07) is 4.73. The van der Waals surface area contributed by atoms with Gasteiger partial charge in [0, 0.05) is 18.2 Å². The summed E-state index contributed by atoms with van der Waals surface area (Å²) in [5.74, 6) is 1.18. The lowest BCUT2D eigenvalue weighted by Gasteiger charge is -2.04. The van der Waals surface area contributed by atoms with Crippen molar-refractivity contribution in [2.75, 3.05) is 0 Å². The van der Waals surface area contributed by atoms with Gasteiger partial charge in [-0.1, -0.05) is 12.2 Å². The zero-order valence-corrected chi connectivity index (χ0v) is 8.81. The molecule has 0 amide bonds. The lowest BCUT2D eigenvalue weighted by Crippen LogP contribution is -1.85. The standard InChI is InChI=1S/C12H14O3/c1-3-5-14-11-7-10(13)8-12(9-11)15-6-4-2/h3-9,13H,1-2H3/b5-3-,6-4-. The number of phenols is 1. The van der Waals surface area contributed by atoms with Crippen LogP contribution in [0, 0.1) is 0 Å². The van der Waals surface area contributed by atoms with E-state index in [4.69, 9.17) is 9.47 Å². The minimum atomic E-state index is 0.108. The fourth-order valence-electron chi connectivity index (χ4n) is 0.986. The highest BCUT2D eigenvalue weighted by Gasteiger charge is 2.00. The maximum Gasteiger partial charge on any atom is 0.133 e. The molecule has 1 N–H and O–H groups in total. The average molecular weight is 206 g/mol. The molecule has 0 saturated heterocycles. The lowest BCUT2D eigenvalue weighted by molar-refractivity contribution is 0.434. The van der Waals surface area contributed by atoms with Crippen LogP contribution < -0.4 is 9.47 Å². The molecule has 0 atom stereocenters. The van der Waals surface area contributed by atoms with Crippen molar-refractivity contribution in [1.82, 2.24) is 0 Å². The van der Waals surface area contributed by atoms with E-state index in [1.54, 1.807) is 18.2 Å². The van der Waals surface area contributed by atoms with E-state index in [1.165, 1.54) is 24.7 Å². The smallest absolute Gasteiger partial charge is 0.133 e. The van der Waals surface area contributed by atoms with E-state index >= 15 is 0 Å². The number of phenolic OH excluding ortho intramolecular Hbond substituents is 1. The van der Waals surface area contributed by atoms with Crippen molar-refractivity contribution in [3.8, 4) is 17.2 Å². The second-order valence-electron chi connectivity index (χ2n) is 2.84. The van der Waals surface area contributed by atoms with E-state index < -0.39 is 0 Å². The van der Waals surface area contributed by atoms with Crippen molar-refractivity contribution in [1.29, 1.82) is 0 Å². The van der Waals surface area contributed by atoms with Gasteiger partial charge in [0.1, 0.15) is 17.2 Å². The van der Waals surface area contributed by atoms with Crippen molar-refractivity contribution < 1.29 is 14.6 Å². The normalized spacial score (nSPS) is 11.1. The summed E-state index contributed by atoms with van der Waals surface area (Å²) in [5, 5.41) is 9.38. The molecule has 0 fully saturated rings. The molecule has 0 aromatic heterocycles. The number of hydrogen-bond donors (Lipinski definition) is 1. The Labute approximate surface area is 89.3 Å². The first-order chi connectivity index (χ1) is 7.26. The van der Waals surface area contributed by atoms with Crippen LogP contribution in [0.1, 0.15) is 13.8 Å². The third-order valence-electron chi connectivity index (χ3n) is 1.55. The second kappa shape index (κ2) is 5.75. The third kappa shape index (κ3) is 3.77. The Morgan fingerprint density at radius 1 is 0.933 bits per heavy atom. The van der Waals surface area contributed by atoms with Gasteiger partial charge in [0.05, 0.1) is 12.5 Å². The van der Waals surface area contributed by atoms with Crippen LogP contribution in [0.5, 0.6) is 17.2 Å². The number of aromatic hydroxyl groups is 1. The lowest BCUT2D eigenvalue weighted by atomic mass is 10.3. The number of allylic oxidation sites excluding steroid dienone is 2. The van der Waals surface area contributed by atoms with Crippen LogP contribution in [0.2, 0.25) is 0 Å². The summed E-state index contributed by atoms with van der Waals surface area (Å²) in [4.78, 5) is 0. The quantitative estimate of drug-likeness (QED) is 0.769. The molecule has 80 valence electrons. The van der Waals surface area contributed by atoms with Crippen LogP contribution in [-0.2, 0) is 0 Å². The van der Waals surface area contributed by atoms with E-state index in [9.17, 15) is 5.11 Å². The molecule has 0 spiro atoms. The largest absolute Gasteiger partial charge is 0.508 e. The molecule has 0 aliphatic heterocycles. The molecule has 1 aromatic rings. The predicted molar refractivity (Wildman–Crippen MR) is 59.0 cm³/mol. The summed E-state index contributed by atoms with van der Waals surface area (Å²) < 4.78 is 10.4. The molecule has 3 heteroatoms. The highest BCUT2D eigenvalue weighted by Crippen LogP contribution is 2.27. The van der Waals surface area contributed by atoms with Crippen LogP contribution in [0.25, 0.3) is 0 Å². The monoisotopic (exact) mass is 206 g/mol. The Kier molecular flexibility index (Phi) is 4.29. The van der Waals surface area contributed by atoms with Gasteiger partial charge in [0.15, 0.2) is 0 Å². The first-order valence-corrected chi connectivity index (χ1v) is 4.66. The van der Waals surface area contributed by atoms with Gasteiger partial charge in [-0.3, -0.25) is 0 Å². The Bertz CT molecular complexity index is 335.